The van der Waals surface area contributed by atoms with Gasteiger partial charge in [-0.2, -0.15) is 8.78 Å². The van der Waals surface area contributed by atoms with E-state index in [0.29, 0.717) is 11.5 Å². The summed E-state index contributed by atoms with van der Waals surface area (Å²) in [6.45, 7) is 0.606. The molecular weight excluding hydrogens is 334 g/mol. The van der Waals surface area contributed by atoms with Crippen LogP contribution in [-0.2, 0) is 9.63 Å². The molecule has 1 aliphatic rings. The Labute approximate surface area is 145 Å². The molecule has 0 unspecified atom stereocenters. The molecule has 1 fully saturated rings. The molecule has 0 aliphatic carbocycles. The minimum absolute atomic E-state index is 0.0647. The number of carbonyl (C=O) groups is 1. The minimum Gasteiger partial charge on any atom is -0.493 e. The zero-order chi connectivity index (χ0) is 18.2. The fourth-order valence-electron chi connectivity index (χ4n) is 2.50. The fraction of sp³-hybridized carbons (Fsp3) is 0.529. The van der Waals surface area contributed by atoms with Gasteiger partial charge in [-0.05, 0) is 37.0 Å². The first-order valence-electron chi connectivity index (χ1n) is 8.05. The Hall–Kier alpha value is -2.38. The Morgan fingerprint density at radius 2 is 2.08 bits per heavy atom. The number of likely N-dealkylation sites (tertiary alicyclic amines) is 1. The Morgan fingerprint density at radius 1 is 1.36 bits per heavy atom. The summed E-state index contributed by atoms with van der Waals surface area (Å²) < 4.78 is 33.9. The summed E-state index contributed by atoms with van der Waals surface area (Å²) in [5.74, 6) is 0.644. The smallest absolute Gasteiger partial charge is 0.387 e. The number of hydrogen-bond donors (Lipinski definition) is 0. The molecule has 1 amide bonds. The van der Waals surface area contributed by atoms with Gasteiger partial charge in [0, 0.05) is 18.7 Å². The number of alkyl halides is 2. The number of nitrogens with zero attached hydrogens (tertiary/aromatic N) is 2. The number of hydrogen-bond acceptors (Lipinski definition) is 5. The standard InChI is InChI=1S/C17H22F2N2O4/c1-12-5-7-21(8-6-12)16(22)11-24-20-10-13-3-4-14(25-17(18)19)15(9-13)23-2/h3-4,9-10,12,17H,5-8,11H2,1-2H3. The molecule has 8 heteroatoms. The van der Waals surface area contributed by atoms with Crippen molar-refractivity contribution >= 4 is 12.1 Å². The fourth-order valence-corrected chi connectivity index (χ4v) is 2.50. The molecule has 0 bridgehead atoms. The van der Waals surface area contributed by atoms with Crippen molar-refractivity contribution in [1.82, 2.24) is 4.90 Å². The third-order valence-electron chi connectivity index (χ3n) is 4.00. The van der Waals surface area contributed by atoms with Crippen LogP contribution in [0.15, 0.2) is 23.4 Å². The van der Waals surface area contributed by atoms with E-state index in [1.807, 2.05) is 0 Å². The Balaban J connectivity index is 1.84. The molecule has 138 valence electrons. The second-order valence-corrected chi connectivity index (χ2v) is 5.86. The van der Waals surface area contributed by atoms with Crippen molar-refractivity contribution in [3.63, 3.8) is 0 Å². The van der Waals surface area contributed by atoms with Crippen LogP contribution in [0.25, 0.3) is 0 Å². The summed E-state index contributed by atoms with van der Waals surface area (Å²) in [5.41, 5.74) is 0.567. The highest BCUT2D eigenvalue weighted by atomic mass is 19.3. The van der Waals surface area contributed by atoms with Crippen LogP contribution in [0.2, 0.25) is 0 Å². The zero-order valence-corrected chi connectivity index (χ0v) is 14.3. The average Bonchev–Trinajstić information content (AvgIpc) is 2.59. The normalized spacial score (nSPS) is 15.6. The van der Waals surface area contributed by atoms with E-state index in [9.17, 15) is 13.6 Å². The van der Waals surface area contributed by atoms with Crippen molar-refractivity contribution in [2.45, 2.75) is 26.4 Å². The van der Waals surface area contributed by atoms with E-state index >= 15 is 0 Å². The average molecular weight is 356 g/mol. The van der Waals surface area contributed by atoms with Crippen LogP contribution in [0.3, 0.4) is 0 Å². The summed E-state index contributed by atoms with van der Waals surface area (Å²) >= 11 is 0. The van der Waals surface area contributed by atoms with Crippen molar-refractivity contribution in [3.8, 4) is 11.5 Å². The van der Waals surface area contributed by atoms with E-state index in [0.717, 1.165) is 25.9 Å². The number of amides is 1. The van der Waals surface area contributed by atoms with Gasteiger partial charge in [-0.15, -0.1) is 0 Å². The van der Waals surface area contributed by atoms with Gasteiger partial charge in [-0.3, -0.25) is 4.79 Å². The van der Waals surface area contributed by atoms with Crippen LogP contribution in [0.5, 0.6) is 11.5 Å². The van der Waals surface area contributed by atoms with Crippen molar-refractivity contribution in [2.24, 2.45) is 11.1 Å². The molecule has 25 heavy (non-hydrogen) atoms. The number of halogens is 2. The molecule has 6 nitrogen and oxygen atoms in total. The lowest BCUT2D eigenvalue weighted by atomic mass is 9.99. The number of carbonyl (C=O) groups excluding carboxylic acids is 1. The molecule has 1 heterocycles. The lowest BCUT2D eigenvalue weighted by Gasteiger charge is -2.29. The largest absolute Gasteiger partial charge is 0.493 e. The molecule has 0 radical (unpaired) electrons. The first-order valence-corrected chi connectivity index (χ1v) is 8.05. The number of oxime groups is 1. The molecule has 0 spiro atoms. The van der Waals surface area contributed by atoms with E-state index in [1.54, 1.807) is 4.90 Å². The molecule has 1 saturated heterocycles. The molecule has 1 aromatic carbocycles. The second-order valence-electron chi connectivity index (χ2n) is 5.86. The van der Waals surface area contributed by atoms with Gasteiger partial charge in [0.05, 0.1) is 13.3 Å². The van der Waals surface area contributed by atoms with Gasteiger partial charge in [0.2, 0.25) is 0 Å². The summed E-state index contributed by atoms with van der Waals surface area (Å²) in [6, 6.07) is 4.37. The van der Waals surface area contributed by atoms with E-state index in [-0.39, 0.29) is 24.0 Å². The van der Waals surface area contributed by atoms with Gasteiger partial charge in [-0.25, -0.2) is 0 Å². The van der Waals surface area contributed by atoms with Crippen LogP contribution in [0, 0.1) is 5.92 Å². The first-order chi connectivity index (χ1) is 12.0. The zero-order valence-electron chi connectivity index (χ0n) is 14.3. The van der Waals surface area contributed by atoms with E-state index in [4.69, 9.17) is 9.57 Å². The first kappa shape index (κ1) is 19.0. The molecular formula is C17H22F2N2O4. The predicted molar refractivity (Wildman–Crippen MR) is 88.2 cm³/mol. The summed E-state index contributed by atoms with van der Waals surface area (Å²) in [5, 5.41) is 3.74. The topological polar surface area (TPSA) is 60.4 Å². The lowest BCUT2D eigenvalue weighted by Crippen LogP contribution is -2.39. The Morgan fingerprint density at radius 3 is 2.72 bits per heavy atom. The number of rotatable bonds is 7. The van der Waals surface area contributed by atoms with E-state index < -0.39 is 6.61 Å². The molecule has 0 aromatic heterocycles. The lowest BCUT2D eigenvalue weighted by molar-refractivity contribution is -0.137. The van der Waals surface area contributed by atoms with Gasteiger partial charge in [-0.1, -0.05) is 12.1 Å². The Bertz CT molecular complexity index is 602. The third-order valence-corrected chi connectivity index (χ3v) is 4.00. The van der Waals surface area contributed by atoms with Crippen LogP contribution in [-0.4, -0.2) is 50.4 Å². The van der Waals surface area contributed by atoms with Crippen LogP contribution in [0.1, 0.15) is 25.3 Å². The predicted octanol–water partition coefficient (Wildman–Crippen LogP) is 2.91. The number of piperidine rings is 1. The maximum Gasteiger partial charge on any atom is 0.387 e. The van der Waals surface area contributed by atoms with Crippen molar-refractivity contribution in [2.75, 3.05) is 26.8 Å². The van der Waals surface area contributed by atoms with Gasteiger partial charge in [0.25, 0.3) is 5.91 Å². The maximum atomic E-state index is 12.3. The summed E-state index contributed by atoms with van der Waals surface area (Å²) in [6.07, 6.45) is 3.38. The van der Waals surface area contributed by atoms with Crippen LogP contribution in [0.4, 0.5) is 8.78 Å². The van der Waals surface area contributed by atoms with Crippen LogP contribution < -0.4 is 9.47 Å². The molecule has 1 aromatic rings. The van der Waals surface area contributed by atoms with Gasteiger partial charge >= 0.3 is 6.61 Å². The van der Waals surface area contributed by atoms with Crippen molar-refractivity contribution in [1.29, 1.82) is 0 Å². The van der Waals surface area contributed by atoms with E-state index in [2.05, 4.69) is 16.8 Å². The summed E-state index contributed by atoms with van der Waals surface area (Å²) in [7, 11) is 1.35. The molecule has 2 rings (SSSR count). The van der Waals surface area contributed by atoms with Crippen molar-refractivity contribution < 1.29 is 27.9 Å². The number of benzene rings is 1. The number of methoxy groups -OCH3 is 1. The van der Waals surface area contributed by atoms with Gasteiger partial charge < -0.3 is 19.2 Å². The SMILES string of the molecule is COc1cc(C=NOCC(=O)N2CCC(C)CC2)ccc1OC(F)F. The number of ether oxygens (including phenoxy) is 2. The minimum atomic E-state index is -2.93. The second kappa shape index (κ2) is 9.19. The monoisotopic (exact) mass is 356 g/mol. The summed E-state index contributed by atoms with van der Waals surface area (Å²) in [4.78, 5) is 18.8. The molecule has 0 saturated carbocycles. The van der Waals surface area contributed by atoms with E-state index in [1.165, 1.54) is 31.5 Å². The quantitative estimate of drug-likeness (QED) is 0.557. The van der Waals surface area contributed by atoms with Crippen LogP contribution >= 0.6 is 0 Å². The molecule has 0 N–H and O–H groups in total. The highest BCUT2D eigenvalue weighted by molar-refractivity contribution is 5.81. The van der Waals surface area contributed by atoms with Gasteiger partial charge in [0.15, 0.2) is 18.1 Å². The molecule has 0 atom stereocenters. The molecule has 1 aliphatic heterocycles. The Kier molecular flexibility index (Phi) is 6.97. The highest BCUT2D eigenvalue weighted by Gasteiger charge is 2.20. The van der Waals surface area contributed by atoms with Crippen molar-refractivity contribution in [3.05, 3.63) is 23.8 Å². The van der Waals surface area contributed by atoms with Gasteiger partial charge in [0.1, 0.15) is 0 Å². The highest BCUT2D eigenvalue weighted by Crippen LogP contribution is 2.28. The third kappa shape index (κ3) is 5.88. The maximum absolute atomic E-state index is 12.3.